The van der Waals surface area contributed by atoms with Crippen LogP contribution in [0, 0.1) is 13.8 Å². The summed E-state index contributed by atoms with van der Waals surface area (Å²) in [5.74, 6) is 0.643. The van der Waals surface area contributed by atoms with Crippen molar-refractivity contribution in [2.75, 3.05) is 158 Å². The lowest BCUT2D eigenvalue weighted by molar-refractivity contribution is 0.00556. The summed E-state index contributed by atoms with van der Waals surface area (Å²) in [5, 5.41) is 23.3. The molecule has 0 aromatic heterocycles. The number of rotatable bonds is 0. The van der Waals surface area contributed by atoms with Gasteiger partial charge in [-0.15, -0.1) is 0 Å². The fraction of sp³-hybridized carbons (Fsp3) is 0.714. The van der Waals surface area contributed by atoms with Gasteiger partial charge in [0, 0.05) is 101 Å². The average Bonchev–Trinajstić information content (AvgIpc) is 3.17. The van der Waals surface area contributed by atoms with E-state index >= 15 is 0 Å². The molecule has 2 saturated heterocycles. The van der Waals surface area contributed by atoms with Crippen molar-refractivity contribution in [1.82, 2.24) is 19.6 Å². The van der Waals surface area contributed by atoms with Crippen molar-refractivity contribution in [3.63, 3.8) is 0 Å². The van der Waals surface area contributed by atoms with Crippen molar-refractivity contribution in [3.05, 3.63) is 57.6 Å². The monoisotopic (exact) mass is 788 g/mol. The topological polar surface area (TPSA) is 127 Å². The van der Waals surface area contributed by atoms with Gasteiger partial charge in [0.25, 0.3) is 0 Å². The highest BCUT2D eigenvalue weighted by molar-refractivity contribution is 5.44. The highest BCUT2D eigenvalue weighted by Gasteiger charge is 2.19. The molecule has 0 atom stereocenters. The van der Waals surface area contributed by atoms with Crippen LogP contribution in [0.2, 0.25) is 0 Å². The first-order chi connectivity index (χ1) is 27.4. The molecule has 0 aliphatic carbocycles. The minimum Gasteiger partial charge on any atom is -0.507 e. The molecule has 8 bridgehead atoms. The van der Waals surface area contributed by atoms with Gasteiger partial charge in [0.2, 0.25) is 0 Å². The van der Waals surface area contributed by atoms with E-state index in [2.05, 4.69) is 57.7 Å². The summed E-state index contributed by atoms with van der Waals surface area (Å²) in [6.07, 6.45) is 0. The maximum absolute atomic E-state index is 11.6. The van der Waals surface area contributed by atoms with E-state index in [1.165, 1.54) is 0 Å². The number of nitrogens with zero attached hydrogens (tertiary/aromatic N) is 4. The van der Waals surface area contributed by atoms with E-state index in [0.29, 0.717) is 196 Å². The second kappa shape index (κ2) is 25.8. The van der Waals surface area contributed by atoms with Crippen molar-refractivity contribution >= 4 is 0 Å². The second-order valence-corrected chi connectivity index (χ2v) is 14.9. The molecular weight excluding hydrogens is 720 g/mol. The summed E-state index contributed by atoms with van der Waals surface area (Å²) in [6, 6.07) is 8.29. The molecule has 8 rings (SSSR count). The second-order valence-electron chi connectivity index (χ2n) is 14.9. The van der Waals surface area contributed by atoms with E-state index in [1.807, 2.05) is 0 Å². The molecule has 0 amide bonds. The number of hydrogen-bond donors (Lipinski definition) is 2. The average molecular weight is 789 g/mol. The first-order valence-corrected chi connectivity index (χ1v) is 20.6. The molecular formula is C42H68N4O10. The summed E-state index contributed by atoms with van der Waals surface area (Å²) in [7, 11) is 0. The summed E-state index contributed by atoms with van der Waals surface area (Å²) >= 11 is 0. The Morgan fingerprint density at radius 1 is 0.321 bits per heavy atom. The zero-order valence-electron chi connectivity index (χ0n) is 34.1. The molecule has 0 unspecified atom stereocenters. The maximum Gasteiger partial charge on any atom is 0.124 e. The van der Waals surface area contributed by atoms with Crippen molar-refractivity contribution in [2.45, 2.75) is 40.0 Å². The van der Waals surface area contributed by atoms with Crippen LogP contribution in [0.5, 0.6) is 11.5 Å². The molecule has 2 N–H and O–H groups in total. The molecule has 0 spiro atoms. The Morgan fingerprint density at radius 3 is 0.679 bits per heavy atom. The highest BCUT2D eigenvalue weighted by Crippen LogP contribution is 2.29. The summed E-state index contributed by atoms with van der Waals surface area (Å²) in [5.41, 5.74) is 5.74. The molecule has 6 aliphatic rings. The van der Waals surface area contributed by atoms with Crippen LogP contribution in [0.3, 0.4) is 0 Å². The lowest BCUT2D eigenvalue weighted by Crippen LogP contribution is -2.33. The molecule has 56 heavy (non-hydrogen) atoms. The molecule has 2 aromatic carbocycles. The zero-order valence-corrected chi connectivity index (χ0v) is 34.1. The van der Waals surface area contributed by atoms with Gasteiger partial charge in [-0.25, -0.2) is 0 Å². The van der Waals surface area contributed by atoms with Gasteiger partial charge < -0.3 is 48.1 Å². The minimum absolute atomic E-state index is 0.321. The molecule has 2 fully saturated rings. The molecule has 0 saturated carbocycles. The fourth-order valence-electron chi connectivity index (χ4n) is 7.23. The Bertz CT molecular complexity index is 1170. The molecule has 316 valence electrons. The standard InChI is InChI=1S/C42H68N4O10/c1-35-27-37-31-43-3-11-49-19-23-53-15-7-45(8-16-54-24-20-50-12-4-43)33-39-29-36(2)30-40(42(39)48)34-46-9-17-55-25-21-51-13-5-44(32-38(28-35)41(37)47)6-14-52-22-26-56-18-10-46/h27-30,47-48H,3-26,31-34H2,1-2H3. The zero-order chi connectivity index (χ0) is 39.2. The van der Waals surface area contributed by atoms with Crippen LogP contribution in [0.4, 0.5) is 0 Å². The lowest BCUT2D eigenvalue weighted by atomic mass is 10.0. The van der Waals surface area contributed by atoms with Crippen molar-refractivity contribution in [3.8, 4) is 11.5 Å². The number of phenolic OH excluding ortho intramolecular Hbond substituents is 2. The number of hydrogen-bond acceptors (Lipinski definition) is 14. The van der Waals surface area contributed by atoms with Crippen molar-refractivity contribution < 1.29 is 48.1 Å². The van der Waals surface area contributed by atoms with Gasteiger partial charge in [-0.1, -0.05) is 35.4 Å². The molecule has 2 aromatic rings. The Labute approximate surface area is 334 Å². The van der Waals surface area contributed by atoms with E-state index in [9.17, 15) is 10.2 Å². The quantitative estimate of drug-likeness (QED) is 0.407. The van der Waals surface area contributed by atoms with Crippen LogP contribution in [0.1, 0.15) is 33.4 Å². The number of benzene rings is 2. The Kier molecular flexibility index (Phi) is 20.6. The first kappa shape index (κ1) is 44.7. The van der Waals surface area contributed by atoms with Crippen LogP contribution in [-0.2, 0) is 64.1 Å². The van der Waals surface area contributed by atoms with E-state index in [4.69, 9.17) is 37.9 Å². The van der Waals surface area contributed by atoms with Crippen LogP contribution >= 0.6 is 0 Å². The van der Waals surface area contributed by atoms with Gasteiger partial charge in [0.1, 0.15) is 11.5 Å². The normalized spacial score (nSPS) is 26.5. The van der Waals surface area contributed by atoms with Crippen LogP contribution < -0.4 is 0 Å². The number of phenols is 2. The third kappa shape index (κ3) is 16.4. The smallest absolute Gasteiger partial charge is 0.124 e. The van der Waals surface area contributed by atoms with E-state index < -0.39 is 0 Å². The predicted octanol–water partition coefficient (Wildman–Crippen LogP) is 2.80. The summed E-state index contributed by atoms with van der Waals surface area (Å²) in [4.78, 5) is 9.08. The van der Waals surface area contributed by atoms with Gasteiger partial charge in [-0.2, -0.15) is 0 Å². The first-order valence-electron chi connectivity index (χ1n) is 20.6. The van der Waals surface area contributed by atoms with Crippen LogP contribution in [-0.4, -0.2) is 188 Å². The van der Waals surface area contributed by atoms with E-state index in [1.54, 1.807) is 0 Å². The number of aromatic hydroxyl groups is 2. The third-order valence-electron chi connectivity index (χ3n) is 10.3. The Morgan fingerprint density at radius 2 is 0.500 bits per heavy atom. The number of ether oxygens (including phenoxy) is 8. The molecule has 6 aliphatic heterocycles. The summed E-state index contributed by atoms with van der Waals surface area (Å²) in [6.45, 7) is 20.1. The third-order valence-corrected chi connectivity index (χ3v) is 10.3. The van der Waals surface area contributed by atoms with E-state index in [-0.39, 0.29) is 0 Å². The molecule has 14 heteroatoms. The van der Waals surface area contributed by atoms with E-state index in [0.717, 1.165) is 33.4 Å². The van der Waals surface area contributed by atoms with Crippen LogP contribution in [0.25, 0.3) is 0 Å². The van der Waals surface area contributed by atoms with Gasteiger partial charge in [0.05, 0.1) is 106 Å². The van der Waals surface area contributed by atoms with Gasteiger partial charge >= 0.3 is 0 Å². The fourth-order valence-corrected chi connectivity index (χ4v) is 7.23. The van der Waals surface area contributed by atoms with Gasteiger partial charge in [-0.05, 0) is 13.8 Å². The Balaban J connectivity index is 1.39. The van der Waals surface area contributed by atoms with Crippen molar-refractivity contribution in [1.29, 1.82) is 0 Å². The minimum atomic E-state index is 0.321. The summed E-state index contributed by atoms with van der Waals surface area (Å²) < 4.78 is 48.2. The molecule has 0 radical (unpaired) electrons. The SMILES string of the molecule is Cc1cc2c(O)c(c1)CN1CCOCCOCCN(CCOCCOCC1)Cc1cc(C)cc(c1O)CN1CCOCCOCCN(CCOCCOCC1)C2. The molecule has 14 nitrogen and oxygen atoms in total. The predicted molar refractivity (Wildman–Crippen MR) is 213 cm³/mol. The van der Waals surface area contributed by atoms with Gasteiger partial charge in [0.15, 0.2) is 0 Å². The largest absolute Gasteiger partial charge is 0.507 e. The highest BCUT2D eigenvalue weighted by atomic mass is 16.5. The Hall–Kier alpha value is -2.44. The van der Waals surface area contributed by atoms with Crippen LogP contribution in [0.15, 0.2) is 24.3 Å². The number of aryl methyl sites for hydroxylation is 2. The molecule has 6 heterocycles. The maximum atomic E-state index is 11.6. The van der Waals surface area contributed by atoms with Crippen molar-refractivity contribution in [2.24, 2.45) is 0 Å². The van der Waals surface area contributed by atoms with Gasteiger partial charge in [-0.3, -0.25) is 19.6 Å². The lowest BCUT2D eigenvalue weighted by Gasteiger charge is -2.27.